The molecule has 2 nitrogen and oxygen atoms in total. The fourth-order valence-corrected chi connectivity index (χ4v) is 7.38. The van der Waals surface area contributed by atoms with Crippen LogP contribution in [-0.2, 0) is 6.54 Å². The summed E-state index contributed by atoms with van der Waals surface area (Å²) in [6.45, 7) is 6.17. The molecule has 2 heteroatoms. The molecule has 2 aromatic carbocycles. The van der Waals surface area contributed by atoms with E-state index >= 15 is 0 Å². The Hall–Kier alpha value is -1.38. The van der Waals surface area contributed by atoms with Crippen molar-refractivity contribution in [3.8, 4) is 0 Å². The van der Waals surface area contributed by atoms with Gasteiger partial charge in [-0.05, 0) is 72.1 Å². The number of fused-ring (bicyclic) bond motifs is 1. The number of hydrogen-bond acceptors (Lipinski definition) is 2. The lowest BCUT2D eigenvalue weighted by atomic mass is 9.54. The van der Waals surface area contributed by atoms with Crippen LogP contribution in [0.3, 0.4) is 0 Å². The van der Waals surface area contributed by atoms with Crippen LogP contribution in [0.2, 0.25) is 0 Å². The van der Waals surface area contributed by atoms with Crippen LogP contribution in [-0.4, -0.2) is 42.0 Å². The molecule has 5 aliphatic rings. The van der Waals surface area contributed by atoms with E-state index < -0.39 is 0 Å². The molecular formula is C25H32N2. The average molecular weight is 361 g/mol. The minimum absolute atomic E-state index is 0.928. The lowest BCUT2D eigenvalue weighted by Crippen LogP contribution is -2.60. The fraction of sp³-hybridized carbons (Fsp3) is 0.600. The smallest absolute Gasteiger partial charge is 0.0240 e. The molecule has 0 radical (unpaired) electrons. The Bertz CT molecular complexity index is 787. The normalized spacial score (nSPS) is 36.5. The van der Waals surface area contributed by atoms with Gasteiger partial charge in [0.15, 0.2) is 0 Å². The number of benzene rings is 2. The summed E-state index contributed by atoms with van der Waals surface area (Å²) < 4.78 is 0. The van der Waals surface area contributed by atoms with Gasteiger partial charge in [-0.25, -0.2) is 0 Å². The molecular weight excluding hydrogens is 328 g/mol. The SMILES string of the molecule is c1ccc2c(CN3CCN(C4C5CC6CC(C5)CC4C6)CC3)cccc2c1. The molecule has 4 bridgehead atoms. The van der Waals surface area contributed by atoms with Gasteiger partial charge < -0.3 is 0 Å². The first-order valence-corrected chi connectivity index (χ1v) is 11.3. The third-order valence-electron chi connectivity index (χ3n) is 8.28. The van der Waals surface area contributed by atoms with E-state index in [1.165, 1.54) is 42.5 Å². The molecule has 4 saturated carbocycles. The van der Waals surface area contributed by atoms with Gasteiger partial charge in [-0.15, -0.1) is 0 Å². The molecule has 7 rings (SSSR count). The topological polar surface area (TPSA) is 6.48 Å². The molecule has 2 aromatic rings. The Balaban J connectivity index is 1.13. The molecule has 0 spiro atoms. The summed E-state index contributed by atoms with van der Waals surface area (Å²) >= 11 is 0. The molecule has 1 saturated heterocycles. The standard InChI is InChI=1S/C25H32N2/c1-2-7-24-20(4-1)5-3-6-21(24)17-26-8-10-27(11-9-26)25-22-13-18-12-19(15-22)16-23(25)14-18/h1-7,18-19,22-23,25H,8-17H2. The molecule has 4 aliphatic carbocycles. The van der Waals surface area contributed by atoms with Crippen molar-refractivity contribution in [3.63, 3.8) is 0 Å². The van der Waals surface area contributed by atoms with Gasteiger partial charge in [0.05, 0.1) is 0 Å². The van der Waals surface area contributed by atoms with Gasteiger partial charge >= 0.3 is 0 Å². The Morgan fingerprint density at radius 1 is 0.704 bits per heavy atom. The zero-order valence-corrected chi connectivity index (χ0v) is 16.4. The quantitative estimate of drug-likeness (QED) is 0.777. The molecule has 0 aromatic heterocycles. The van der Waals surface area contributed by atoms with E-state index in [0.29, 0.717) is 0 Å². The van der Waals surface area contributed by atoms with Gasteiger partial charge in [0, 0.05) is 38.8 Å². The maximum atomic E-state index is 2.91. The van der Waals surface area contributed by atoms with E-state index in [0.717, 1.165) is 36.3 Å². The highest BCUT2D eigenvalue weighted by molar-refractivity contribution is 5.85. The van der Waals surface area contributed by atoms with Crippen LogP contribution < -0.4 is 0 Å². The van der Waals surface area contributed by atoms with Crippen molar-refractivity contribution >= 4 is 10.8 Å². The Kier molecular flexibility index (Phi) is 4.05. The van der Waals surface area contributed by atoms with E-state index in [2.05, 4.69) is 52.3 Å². The Labute approximate surface area is 163 Å². The summed E-state index contributed by atoms with van der Waals surface area (Å²) in [5.41, 5.74) is 1.50. The lowest BCUT2D eigenvalue weighted by molar-refractivity contribution is -0.0769. The molecule has 5 fully saturated rings. The maximum absolute atomic E-state index is 2.91. The van der Waals surface area contributed by atoms with Gasteiger partial charge in [-0.1, -0.05) is 42.5 Å². The average Bonchev–Trinajstić information content (AvgIpc) is 2.69. The minimum Gasteiger partial charge on any atom is -0.297 e. The van der Waals surface area contributed by atoms with E-state index in [1.54, 1.807) is 32.1 Å². The van der Waals surface area contributed by atoms with Crippen LogP contribution in [0.1, 0.15) is 37.7 Å². The minimum atomic E-state index is 0.928. The number of rotatable bonds is 3. The van der Waals surface area contributed by atoms with Crippen LogP contribution in [0.25, 0.3) is 10.8 Å². The molecule has 27 heavy (non-hydrogen) atoms. The van der Waals surface area contributed by atoms with Gasteiger partial charge in [0.2, 0.25) is 0 Å². The van der Waals surface area contributed by atoms with Crippen molar-refractivity contribution in [1.29, 1.82) is 0 Å². The van der Waals surface area contributed by atoms with Crippen molar-refractivity contribution < 1.29 is 0 Å². The predicted molar refractivity (Wildman–Crippen MR) is 112 cm³/mol. The third kappa shape index (κ3) is 2.93. The summed E-state index contributed by atoms with van der Waals surface area (Å²) in [4.78, 5) is 5.60. The molecule has 142 valence electrons. The summed E-state index contributed by atoms with van der Waals surface area (Å²) in [5, 5.41) is 2.81. The molecule has 0 N–H and O–H groups in total. The molecule has 1 heterocycles. The van der Waals surface area contributed by atoms with Crippen molar-refractivity contribution in [1.82, 2.24) is 9.80 Å². The summed E-state index contributed by atoms with van der Waals surface area (Å²) in [6, 6.07) is 16.6. The monoisotopic (exact) mass is 360 g/mol. The molecule has 1 aliphatic heterocycles. The van der Waals surface area contributed by atoms with Crippen molar-refractivity contribution in [2.45, 2.75) is 44.7 Å². The van der Waals surface area contributed by atoms with Gasteiger partial charge in [0.25, 0.3) is 0 Å². The van der Waals surface area contributed by atoms with Crippen molar-refractivity contribution in [3.05, 3.63) is 48.0 Å². The zero-order chi connectivity index (χ0) is 17.8. The highest BCUT2D eigenvalue weighted by atomic mass is 15.3. The maximum Gasteiger partial charge on any atom is 0.0240 e. The lowest BCUT2D eigenvalue weighted by Gasteiger charge is -2.58. The van der Waals surface area contributed by atoms with Crippen LogP contribution in [0, 0.1) is 23.7 Å². The Morgan fingerprint density at radius 2 is 1.37 bits per heavy atom. The fourth-order valence-electron chi connectivity index (χ4n) is 7.38. The van der Waals surface area contributed by atoms with E-state index in [9.17, 15) is 0 Å². The zero-order valence-electron chi connectivity index (χ0n) is 16.4. The van der Waals surface area contributed by atoms with Gasteiger partial charge in [-0.2, -0.15) is 0 Å². The second-order valence-corrected chi connectivity index (χ2v) is 9.87. The Morgan fingerprint density at radius 3 is 2.11 bits per heavy atom. The number of hydrogen-bond donors (Lipinski definition) is 0. The molecule has 0 amide bonds. The summed E-state index contributed by atoms with van der Waals surface area (Å²) in [6.07, 6.45) is 7.77. The van der Waals surface area contributed by atoms with Crippen molar-refractivity contribution in [2.24, 2.45) is 23.7 Å². The number of nitrogens with zero attached hydrogens (tertiary/aromatic N) is 2. The summed E-state index contributed by atoms with van der Waals surface area (Å²) in [5.74, 6) is 4.25. The van der Waals surface area contributed by atoms with Crippen LogP contribution in [0.15, 0.2) is 42.5 Å². The molecule has 0 unspecified atom stereocenters. The van der Waals surface area contributed by atoms with Crippen LogP contribution in [0.5, 0.6) is 0 Å². The van der Waals surface area contributed by atoms with Crippen LogP contribution in [0.4, 0.5) is 0 Å². The van der Waals surface area contributed by atoms with E-state index in [4.69, 9.17) is 0 Å². The van der Waals surface area contributed by atoms with Crippen LogP contribution >= 0.6 is 0 Å². The largest absolute Gasteiger partial charge is 0.297 e. The van der Waals surface area contributed by atoms with Gasteiger partial charge in [0.1, 0.15) is 0 Å². The van der Waals surface area contributed by atoms with E-state index in [1.807, 2.05) is 0 Å². The highest BCUT2D eigenvalue weighted by Crippen LogP contribution is 2.55. The second kappa shape index (κ2) is 6.60. The predicted octanol–water partition coefficient (Wildman–Crippen LogP) is 4.78. The number of piperazine rings is 1. The third-order valence-corrected chi connectivity index (χ3v) is 8.28. The molecule has 0 atom stereocenters. The second-order valence-electron chi connectivity index (χ2n) is 9.87. The first-order chi connectivity index (χ1) is 13.3. The van der Waals surface area contributed by atoms with Gasteiger partial charge in [-0.3, -0.25) is 9.80 Å². The highest BCUT2D eigenvalue weighted by Gasteiger charge is 2.50. The van der Waals surface area contributed by atoms with Crippen molar-refractivity contribution in [2.75, 3.05) is 26.2 Å². The first kappa shape index (κ1) is 16.6. The first-order valence-electron chi connectivity index (χ1n) is 11.3. The van der Waals surface area contributed by atoms with E-state index in [-0.39, 0.29) is 0 Å². The summed E-state index contributed by atoms with van der Waals surface area (Å²) in [7, 11) is 0.